The maximum atomic E-state index is 12.5. The fraction of sp³-hybridized carbons (Fsp3) is 0.708. The van der Waals surface area contributed by atoms with Gasteiger partial charge in [-0.3, -0.25) is 0 Å². The summed E-state index contributed by atoms with van der Waals surface area (Å²) in [4.78, 5) is 16.8. The van der Waals surface area contributed by atoms with Gasteiger partial charge in [-0.15, -0.1) is 0 Å². The van der Waals surface area contributed by atoms with Gasteiger partial charge in [0.2, 0.25) is 0 Å². The van der Waals surface area contributed by atoms with E-state index in [1.165, 1.54) is 5.69 Å². The van der Waals surface area contributed by atoms with Crippen LogP contribution in [0, 0.1) is 5.41 Å². The molecule has 1 unspecified atom stereocenters. The summed E-state index contributed by atoms with van der Waals surface area (Å²) in [6.07, 6.45) is 1.95. The van der Waals surface area contributed by atoms with Gasteiger partial charge in [-0.25, -0.2) is 4.79 Å². The molecule has 0 bridgehead atoms. The molecule has 0 saturated carbocycles. The third kappa shape index (κ3) is 4.44. The number of hydrogen-bond donors (Lipinski definition) is 0. The molecule has 3 fully saturated rings. The molecule has 1 aromatic rings. The second-order valence-electron chi connectivity index (χ2n) is 11.5. The second kappa shape index (κ2) is 7.41. The Morgan fingerprint density at radius 3 is 2.13 bits per heavy atom. The van der Waals surface area contributed by atoms with Gasteiger partial charge in [0.15, 0.2) is 0 Å². The number of carbonyl (C=O) groups excluding carboxylic acids is 1. The Kier molecular flexibility index (Phi) is 5.37. The van der Waals surface area contributed by atoms with E-state index in [2.05, 4.69) is 56.9 Å². The summed E-state index contributed by atoms with van der Waals surface area (Å²) in [5.41, 5.74) is 1.32. The molecule has 1 aromatic carbocycles. The van der Waals surface area contributed by atoms with Crippen LogP contribution in [0.3, 0.4) is 0 Å². The van der Waals surface area contributed by atoms with E-state index in [4.69, 9.17) is 14.0 Å². The van der Waals surface area contributed by atoms with E-state index < -0.39 is 5.60 Å². The summed E-state index contributed by atoms with van der Waals surface area (Å²) in [7, 11) is -0.332. The van der Waals surface area contributed by atoms with Crippen LogP contribution in [0.1, 0.15) is 61.3 Å². The van der Waals surface area contributed by atoms with Crippen LogP contribution < -0.4 is 10.4 Å². The zero-order valence-electron chi connectivity index (χ0n) is 20.2. The van der Waals surface area contributed by atoms with E-state index in [-0.39, 0.29) is 29.8 Å². The molecule has 1 amide bonds. The average molecular weight is 428 g/mol. The third-order valence-corrected chi connectivity index (χ3v) is 7.31. The normalized spacial score (nSPS) is 27.4. The first-order valence-electron chi connectivity index (χ1n) is 11.5. The Balaban J connectivity index is 1.38. The molecule has 0 aliphatic carbocycles. The molecule has 3 aliphatic rings. The van der Waals surface area contributed by atoms with Crippen molar-refractivity contribution in [1.82, 2.24) is 4.90 Å². The highest BCUT2D eigenvalue weighted by molar-refractivity contribution is 6.62. The zero-order chi connectivity index (χ0) is 22.7. The Morgan fingerprint density at radius 2 is 1.55 bits per heavy atom. The molecule has 31 heavy (non-hydrogen) atoms. The molecule has 0 N–H and O–H groups in total. The van der Waals surface area contributed by atoms with E-state index in [0.29, 0.717) is 0 Å². The quantitative estimate of drug-likeness (QED) is 0.671. The molecule has 1 spiro atoms. The maximum absolute atomic E-state index is 12.5. The van der Waals surface area contributed by atoms with Crippen molar-refractivity contribution in [3.8, 4) is 0 Å². The van der Waals surface area contributed by atoms with E-state index >= 15 is 0 Å². The number of amides is 1. The molecule has 1 atom stereocenters. The van der Waals surface area contributed by atoms with Crippen molar-refractivity contribution in [2.75, 3.05) is 31.1 Å². The van der Waals surface area contributed by atoms with Gasteiger partial charge in [0.25, 0.3) is 0 Å². The number of hydrogen-bond acceptors (Lipinski definition) is 5. The van der Waals surface area contributed by atoms with Gasteiger partial charge >= 0.3 is 13.2 Å². The molecular formula is C24H37BN2O4. The van der Waals surface area contributed by atoms with Crippen molar-refractivity contribution in [3.63, 3.8) is 0 Å². The number of anilines is 1. The Bertz CT molecular complexity index is 817. The summed E-state index contributed by atoms with van der Waals surface area (Å²) in [5.74, 6) is 0. The molecule has 3 aliphatic heterocycles. The maximum Gasteiger partial charge on any atom is 0.494 e. The molecule has 0 radical (unpaired) electrons. The van der Waals surface area contributed by atoms with E-state index in [1.807, 2.05) is 25.7 Å². The molecule has 3 heterocycles. The van der Waals surface area contributed by atoms with Crippen LogP contribution in [0.5, 0.6) is 0 Å². The van der Waals surface area contributed by atoms with Gasteiger partial charge in [-0.2, -0.15) is 0 Å². The van der Waals surface area contributed by atoms with Crippen molar-refractivity contribution in [3.05, 3.63) is 24.3 Å². The topological polar surface area (TPSA) is 51.2 Å². The first-order valence-corrected chi connectivity index (χ1v) is 11.5. The molecule has 170 valence electrons. The van der Waals surface area contributed by atoms with Crippen LogP contribution >= 0.6 is 0 Å². The van der Waals surface area contributed by atoms with Crippen LogP contribution in [-0.4, -0.2) is 61.1 Å². The van der Waals surface area contributed by atoms with Crippen LogP contribution in [0.25, 0.3) is 0 Å². The predicted octanol–water partition coefficient (Wildman–Crippen LogP) is 3.82. The van der Waals surface area contributed by atoms with Crippen molar-refractivity contribution < 1.29 is 18.8 Å². The van der Waals surface area contributed by atoms with E-state index in [9.17, 15) is 4.79 Å². The van der Waals surface area contributed by atoms with Crippen molar-refractivity contribution in [2.45, 2.75) is 78.1 Å². The summed E-state index contributed by atoms with van der Waals surface area (Å²) in [5, 5.41) is 0. The van der Waals surface area contributed by atoms with Crippen LogP contribution in [0.15, 0.2) is 24.3 Å². The van der Waals surface area contributed by atoms with Gasteiger partial charge in [0, 0.05) is 37.3 Å². The molecular weight excluding hydrogens is 391 g/mol. The lowest BCUT2D eigenvalue weighted by Crippen LogP contribution is -2.41. The minimum absolute atomic E-state index is 0.168. The summed E-state index contributed by atoms with van der Waals surface area (Å²) in [6.45, 7) is 17.6. The third-order valence-electron chi connectivity index (χ3n) is 7.31. The smallest absolute Gasteiger partial charge is 0.444 e. The standard InChI is InChI=1S/C24H37BN2O4/c1-21(2,3)29-20(28)27-15-13-24(17-27)12-14-26(16-24)19-10-8-18(9-11-19)25-30-22(4,5)23(6,7)31-25/h8-11H,12-17H2,1-7H3. The van der Waals surface area contributed by atoms with Gasteiger partial charge in [0.05, 0.1) is 11.2 Å². The Labute approximate surface area is 187 Å². The van der Waals surface area contributed by atoms with Crippen LogP contribution in [-0.2, 0) is 14.0 Å². The lowest BCUT2D eigenvalue weighted by Gasteiger charge is -2.32. The van der Waals surface area contributed by atoms with E-state index in [0.717, 1.165) is 44.5 Å². The summed E-state index contributed by atoms with van der Waals surface area (Å²) < 4.78 is 17.9. The number of ether oxygens (including phenoxy) is 1. The minimum atomic E-state index is -0.451. The Morgan fingerprint density at radius 1 is 0.968 bits per heavy atom. The van der Waals surface area contributed by atoms with Crippen LogP contribution in [0.4, 0.5) is 10.5 Å². The highest BCUT2D eigenvalue weighted by Crippen LogP contribution is 2.41. The number of carbonyl (C=O) groups is 1. The fourth-order valence-electron chi connectivity index (χ4n) is 4.73. The number of rotatable bonds is 2. The average Bonchev–Trinajstić information content (AvgIpc) is 3.32. The molecule has 7 heteroatoms. The van der Waals surface area contributed by atoms with Crippen molar-refractivity contribution in [2.24, 2.45) is 5.41 Å². The summed E-state index contributed by atoms with van der Waals surface area (Å²) >= 11 is 0. The minimum Gasteiger partial charge on any atom is -0.444 e. The zero-order valence-corrected chi connectivity index (χ0v) is 20.2. The first-order chi connectivity index (χ1) is 14.3. The largest absolute Gasteiger partial charge is 0.494 e. The van der Waals surface area contributed by atoms with Gasteiger partial charge in [-0.05, 0) is 78.9 Å². The molecule has 4 rings (SSSR count). The van der Waals surface area contributed by atoms with Gasteiger partial charge in [-0.1, -0.05) is 12.1 Å². The van der Waals surface area contributed by atoms with Crippen LogP contribution in [0.2, 0.25) is 0 Å². The Hall–Kier alpha value is -1.73. The van der Waals surface area contributed by atoms with Crippen molar-refractivity contribution >= 4 is 24.4 Å². The molecule has 3 saturated heterocycles. The molecule has 6 nitrogen and oxygen atoms in total. The molecule has 0 aromatic heterocycles. The number of benzene rings is 1. The highest BCUT2D eigenvalue weighted by Gasteiger charge is 2.52. The monoisotopic (exact) mass is 428 g/mol. The van der Waals surface area contributed by atoms with Gasteiger partial charge < -0.3 is 23.8 Å². The van der Waals surface area contributed by atoms with E-state index in [1.54, 1.807) is 0 Å². The fourth-order valence-corrected chi connectivity index (χ4v) is 4.73. The first kappa shape index (κ1) is 22.5. The SMILES string of the molecule is CC(C)(C)OC(=O)N1CCC2(CCN(c3ccc(B4OC(C)(C)C(C)(C)O4)cc3)C2)C1. The van der Waals surface area contributed by atoms with Crippen molar-refractivity contribution in [1.29, 1.82) is 0 Å². The number of likely N-dealkylation sites (tertiary alicyclic amines) is 1. The summed E-state index contributed by atoms with van der Waals surface area (Å²) in [6, 6.07) is 8.56. The second-order valence-corrected chi connectivity index (χ2v) is 11.5. The van der Waals surface area contributed by atoms with Gasteiger partial charge in [0.1, 0.15) is 5.60 Å². The predicted molar refractivity (Wildman–Crippen MR) is 124 cm³/mol. The lowest BCUT2D eigenvalue weighted by atomic mass is 9.79. The lowest BCUT2D eigenvalue weighted by molar-refractivity contribution is 0.00578. The number of nitrogens with zero attached hydrogens (tertiary/aromatic N) is 2. The highest BCUT2D eigenvalue weighted by atomic mass is 16.7.